The molecule has 5 nitrogen and oxygen atoms in total. The minimum atomic E-state index is -1.000. The van der Waals surface area contributed by atoms with Gasteiger partial charge in [0.15, 0.2) is 0 Å². The molecule has 0 aliphatic heterocycles. The molecule has 0 amide bonds. The third-order valence-corrected chi connectivity index (χ3v) is 4.18. The number of aromatic nitrogens is 2. The minimum absolute atomic E-state index is 0.267. The molecule has 0 saturated heterocycles. The van der Waals surface area contributed by atoms with Crippen molar-refractivity contribution in [3.63, 3.8) is 0 Å². The highest BCUT2D eigenvalue weighted by Gasteiger charge is 2.14. The van der Waals surface area contributed by atoms with Crippen LogP contribution >= 0.6 is 22.7 Å². The van der Waals surface area contributed by atoms with E-state index >= 15 is 0 Å². The van der Waals surface area contributed by atoms with Crippen molar-refractivity contribution in [1.82, 2.24) is 9.97 Å². The van der Waals surface area contributed by atoms with Crippen LogP contribution < -0.4 is 5.73 Å². The summed E-state index contributed by atoms with van der Waals surface area (Å²) in [4.78, 5) is 19.4. The largest absolute Gasteiger partial charge is 0.480 e. The fourth-order valence-corrected chi connectivity index (χ4v) is 3.13. The Labute approximate surface area is 112 Å². The Bertz CT molecular complexity index is 550. The monoisotopic (exact) mass is 283 g/mol. The predicted octanol–water partition coefficient (Wildman–Crippen LogP) is 1.45. The van der Waals surface area contributed by atoms with Gasteiger partial charge in [-0.3, -0.25) is 4.79 Å². The lowest BCUT2D eigenvalue weighted by Gasteiger charge is -2.02. The van der Waals surface area contributed by atoms with E-state index in [1.807, 2.05) is 17.7 Å². The van der Waals surface area contributed by atoms with Gasteiger partial charge in [-0.25, -0.2) is 9.97 Å². The summed E-state index contributed by atoms with van der Waals surface area (Å²) < 4.78 is 0. The molecular weight excluding hydrogens is 270 g/mol. The van der Waals surface area contributed by atoms with E-state index < -0.39 is 12.0 Å². The molecule has 0 bridgehead atoms. The normalized spacial score (nSPS) is 12.6. The van der Waals surface area contributed by atoms with Crippen LogP contribution in [0.2, 0.25) is 0 Å². The Balaban J connectivity index is 2.00. The van der Waals surface area contributed by atoms with Crippen molar-refractivity contribution in [2.75, 3.05) is 0 Å². The van der Waals surface area contributed by atoms with E-state index in [2.05, 4.69) is 9.97 Å². The quantitative estimate of drug-likeness (QED) is 0.867. The summed E-state index contributed by atoms with van der Waals surface area (Å²) in [6.45, 7) is 1.96. The number of carboxylic acids is 1. The van der Waals surface area contributed by atoms with Gasteiger partial charge in [0.1, 0.15) is 6.04 Å². The van der Waals surface area contributed by atoms with E-state index in [0.717, 1.165) is 21.4 Å². The summed E-state index contributed by atoms with van der Waals surface area (Å²) in [5, 5.41) is 14.6. The summed E-state index contributed by atoms with van der Waals surface area (Å²) in [6.07, 6.45) is 0.966. The molecule has 0 saturated carbocycles. The van der Waals surface area contributed by atoms with Crippen LogP contribution in [0.5, 0.6) is 0 Å². The van der Waals surface area contributed by atoms with Gasteiger partial charge in [0.2, 0.25) is 0 Å². The maximum absolute atomic E-state index is 10.6. The molecule has 0 fully saturated rings. The van der Waals surface area contributed by atoms with E-state index in [0.29, 0.717) is 6.42 Å². The molecular formula is C11H13N3O2S2. The lowest BCUT2D eigenvalue weighted by atomic mass is 10.2. The van der Waals surface area contributed by atoms with Crippen LogP contribution in [0, 0.1) is 6.92 Å². The standard InChI is InChI=1S/C11H13N3O2S2/c1-6-4-17-9(13-6)3-10-14-7(5-18-10)2-8(12)11(15)16/h4-5,8H,2-3,12H2,1H3,(H,15,16). The number of rotatable bonds is 5. The Morgan fingerprint density at radius 2 is 2.06 bits per heavy atom. The zero-order valence-electron chi connectivity index (χ0n) is 9.79. The third kappa shape index (κ3) is 3.34. The number of carbonyl (C=O) groups is 1. The van der Waals surface area contributed by atoms with Crippen molar-refractivity contribution in [2.45, 2.75) is 25.8 Å². The number of aliphatic carboxylic acids is 1. The zero-order chi connectivity index (χ0) is 13.1. The highest BCUT2D eigenvalue weighted by Crippen LogP contribution is 2.18. The molecule has 18 heavy (non-hydrogen) atoms. The number of hydrogen-bond donors (Lipinski definition) is 2. The molecule has 96 valence electrons. The molecule has 2 aromatic heterocycles. The first kappa shape index (κ1) is 13.1. The summed E-state index contributed by atoms with van der Waals surface area (Å²) in [5.74, 6) is -1.000. The van der Waals surface area contributed by atoms with Crippen molar-refractivity contribution in [1.29, 1.82) is 0 Å². The van der Waals surface area contributed by atoms with Gasteiger partial charge >= 0.3 is 5.97 Å². The molecule has 1 atom stereocenters. The molecule has 2 aromatic rings. The Morgan fingerprint density at radius 3 is 2.67 bits per heavy atom. The van der Waals surface area contributed by atoms with Crippen LogP contribution in [0.4, 0.5) is 0 Å². The molecule has 0 spiro atoms. The maximum Gasteiger partial charge on any atom is 0.320 e. The second-order valence-electron chi connectivity index (χ2n) is 3.94. The van der Waals surface area contributed by atoms with Crippen molar-refractivity contribution >= 4 is 28.6 Å². The van der Waals surface area contributed by atoms with Crippen LogP contribution in [0.25, 0.3) is 0 Å². The number of aryl methyl sites for hydroxylation is 1. The van der Waals surface area contributed by atoms with E-state index in [1.165, 1.54) is 11.3 Å². The van der Waals surface area contributed by atoms with Crippen molar-refractivity contribution in [3.8, 4) is 0 Å². The first-order chi connectivity index (χ1) is 8.54. The topological polar surface area (TPSA) is 89.1 Å². The molecule has 0 aliphatic carbocycles. The van der Waals surface area contributed by atoms with E-state index in [1.54, 1.807) is 11.3 Å². The van der Waals surface area contributed by atoms with Crippen molar-refractivity contribution < 1.29 is 9.90 Å². The fraction of sp³-hybridized carbons (Fsp3) is 0.364. The van der Waals surface area contributed by atoms with E-state index in [4.69, 9.17) is 10.8 Å². The Hall–Kier alpha value is -1.31. The van der Waals surface area contributed by atoms with Gasteiger partial charge < -0.3 is 10.8 Å². The minimum Gasteiger partial charge on any atom is -0.480 e. The second-order valence-corrected chi connectivity index (χ2v) is 5.83. The van der Waals surface area contributed by atoms with Crippen LogP contribution in [-0.2, 0) is 17.6 Å². The Kier molecular flexibility index (Phi) is 4.05. The van der Waals surface area contributed by atoms with Gasteiger partial charge in [0, 0.05) is 22.9 Å². The highest BCUT2D eigenvalue weighted by atomic mass is 32.1. The van der Waals surface area contributed by atoms with Gasteiger partial charge in [-0.1, -0.05) is 0 Å². The van der Waals surface area contributed by atoms with Crippen LogP contribution in [-0.4, -0.2) is 27.1 Å². The van der Waals surface area contributed by atoms with Gasteiger partial charge in [0.25, 0.3) is 0 Å². The van der Waals surface area contributed by atoms with Crippen LogP contribution in [0.3, 0.4) is 0 Å². The molecule has 1 unspecified atom stereocenters. The average molecular weight is 283 g/mol. The number of thiazole rings is 2. The fourth-order valence-electron chi connectivity index (χ4n) is 1.45. The number of hydrogen-bond acceptors (Lipinski definition) is 6. The van der Waals surface area contributed by atoms with E-state index in [9.17, 15) is 4.79 Å². The van der Waals surface area contributed by atoms with Crippen LogP contribution in [0.15, 0.2) is 10.8 Å². The third-order valence-electron chi connectivity index (χ3n) is 2.31. The van der Waals surface area contributed by atoms with Crippen molar-refractivity contribution in [2.24, 2.45) is 5.73 Å². The maximum atomic E-state index is 10.6. The summed E-state index contributed by atoms with van der Waals surface area (Å²) in [5.41, 5.74) is 7.22. The molecule has 3 N–H and O–H groups in total. The molecule has 7 heteroatoms. The lowest BCUT2D eigenvalue weighted by molar-refractivity contribution is -0.138. The van der Waals surface area contributed by atoms with Crippen molar-refractivity contribution in [3.05, 3.63) is 32.2 Å². The first-order valence-corrected chi connectivity index (χ1v) is 7.13. The SMILES string of the molecule is Cc1csc(Cc2nc(CC(N)C(=O)O)cs2)n1. The van der Waals surface area contributed by atoms with Gasteiger partial charge in [0.05, 0.1) is 22.1 Å². The smallest absolute Gasteiger partial charge is 0.320 e. The van der Waals surface area contributed by atoms with Gasteiger partial charge in [-0.05, 0) is 6.92 Å². The summed E-state index contributed by atoms with van der Waals surface area (Å²) in [6, 6.07) is -0.887. The number of carboxylic acid groups (broad SMARTS) is 1. The molecule has 0 aromatic carbocycles. The second kappa shape index (κ2) is 5.55. The number of nitrogens with zero attached hydrogens (tertiary/aromatic N) is 2. The molecule has 2 rings (SSSR count). The van der Waals surface area contributed by atoms with Gasteiger partial charge in [-0.2, -0.15) is 0 Å². The lowest BCUT2D eigenvalue weighted by Crippen LogP contribution is -2.32. The van der Waals surface area contributed by atoms with Gasteiger partial charge in [-0.15, -0.1) is 22.7 Å². The molecule has 0 radical (unpaired) electrons. The zero-order valence-corrected chi connectivity index (χ0v) is 11.4. The van der Waals surface area contributed by atoms with Crippen LogP contribution in [0.1, 0.15) is 21.4 Å². The summed E-state index contributed by atoms with van der Waals surface area (Å²) >= 11 is 3.12. The van der Waals surface area contributed by atoms with E-state index in [-0.39, 0.29) is 6.42 Å². The first-order valence-electron chi connectivity index (χ1n) is 5.37. The molecule has 0 aliphatic rings. The Morgan fingerprint density at radius 1 is 1.39 bits per heavy atom. The predicted molar refractivity (Wildman–Crippen MR) is 71.1 cm³/mol. The molecule has 2 heterocycles. The summed E-state index contributed by atoms with van der Waals surface area (Å²) in [7, 11) is 0. The average Bonchev–Trinajstić information content (AvgIpc) is 2.89. The number of nitrogens with two attached hydrogens (primary N) is 1. The highest BCUT2D eigenvalue weighted by molar-refractivity contribution is 7.11.